The molecular formula is C16H13-. The van der Waals surface area contributed by atoms with E-state index < -0.39 is 0 Å². The van der Waals surface area contributed by atoms with E-state index in [9.17, 15) is 0 Å². The number of benzene rings is 1. The summed E-state index contributed by atoms with van der Waals surface area (Å²) in [6.45, 7) is 0. The van der Waals surface area contributed by atoms with Gasteiger partial charge in [-0.3, -0.25) is 0 Å². The number of rotatable bonds is 2. The number of hydrogen-bond donors (Lipinski definition) is 0. The molecule has 16 heavy (non-hydrogen) atoms. The van der Waals surface area contributed by atoms with Gasteiger partial charge in [-0.25, -0.2) is 0 Å². The highest BCUT2D eigenvalue weighted by atomic mass is 14.1. The summed E-state index contributed by atoms with van der Waals surface area (Å²) in [7, 11) is 0. The molecule has 2 aromatic rings. The molecule has 0 spiro atoms. The predicted molar refractivity (Wildman–Crippen MR) is 68.5 cm³/mol. The monoisotopic (exact) mass is 205 g/mol. The average Bonchev–Trinajstić information content (AvgIpc) is 3.03. The Morgan fingerprint density at radius 3 is 2.06 bits per heavy atom. The fourth-order valence-electron chi connectivity index (χ4n) is 2.12. The molecule has 3 rings (SSSR count). The molecule has 0 aromatic heterocycles. The third kappa shape index (κ3) is 1.63. The van der Waals surface area contributed by atoms with Gasteiger partial charge in [0.2, 0.25) is 0 Å². The average molecular weight is 205 g/mol. The number of allylic oxidation sites excluding steroid dienone is 4. The van der Waals surface area contributed by atoms with Crippen LogP contribution in [0.4, 0.5) is 0 Å². The van der Waals surface area contributed by atoms with Gasteiger partial charge in [0.05, 0.1) is 0 Å². The van der Waals surface area contributed by atoms with E-state index in [1.807, 2.05) is 0 Å². The van der Waals surface area contributed by atoms with Crippen molar-refractivity contribution in [1.82, 2.24) is 0 Å². The van der Waals surface area contributed by atoms with Crippen LogP contribution in [0.25, 0.3) is 11.1 Å². The van der Waals surface area contributed by atoms with Gasteiger partial charge in [-0.05, 0) is 0 Å². The van der Waals surface area contributed by atoms with E-state index in [0.717, 1.165) is 0 Å². The Balaban J connectivity index is 1.90. The first-order chi connectivity index (χ1) is 7.93. The normalized spacial score (nSPS) is 14.8. The number of hydrogen-bond acceptors (Lipinski definition) is 0. The molecule has 0 saturated carbocycles. The highest BCUT2D eigenvalue weighted by Crippen LogP contribution is 2.26. The van der Waals surface area contributed by atoms with Gasteiger partial charge in [-0.1, -0.05) is 47.6 Å². The molecule has 0 unspecified atom stereocenters. The molecule has 0 saturated heterocycles. The topological polar surface area (TPSA) is 0 Å². The maximum atomic E-state index is 2.22. The predicted octanol–water partition coefficient (Wildman–Crippen LogP) is 4.28. The largest absolute Gasteiger partial charge is 0.152 e. The molecule has 0 radical (unpaired) electrons. The zero-order valence-electron chi connectivity index (χ0n) is 9.01. The van der Waals surface area contributed by atoms with E-state index in [-0.39, 0.29) is 0 Å². The van der Waals surface area contributed by atoms with Gasteiger partial charge in [-0.2, -0.15) is 12.1 Å². The standard InChI is InChI=1S/C16H13/c1-2-6-13(5-1)15-9-11-16(12-10-15)14-7-3-4-8-14/h1-13H/q-1. The fourth-order valence-corrected chi connectivity index (χ4v) is 2.12. The summed E-state index contributed by atoms with van der Waals surface area (Å²) in [5, 5.41) is 0. The molecule has 0 bridgehead atoms. The second kappa shape index (κ2) is 3.90. The zero-order valence-corrected chi connectivity index (χ0v) is 9.01. The molecule has 0 aliphatic heterocycles. The van der Waals surface area contributed by atoms with Gasteiger partial charge >= 0.3 is 0 Å². The summed E-state index contributed by atoms with van der Waals surface area (Å²) >= 11 is 0. The zero-order chi connectivity index (χ0) is 10.8. The van der Waals surface area contributed by atoms with Crippen molar-refractivity contribution in [1.29, 1.82) is 0 Å². The molecule has 0 atom stereocenters. The van der Waals surface area contributed by atoms with Gasteiger partial charge in [0, 0.05) is 5.92 Å². The SMILES string of the molecule is C1=CC(c2ccc(-[c-]3cccc3)cc2)C=C1. The minimum absolute atomic E-state index is 0.466. The van der Waals surface area contributed by atoms with Crippen LogP contribution < -0.4 is 0 Å². The Hall–Kier alpha value is -1.95. The summed E-state index contributed by atoms with van der Waals surface area (Å²) in [6.07, 6.45) is 8.65. The maximum Gasteiger partial charge on any atom is 0.0192 e. The van der Waals surface area contributed by atoms with Crippen LogP contribution in [0.15, 0.2) is 72.8 Å². The Morgan fingerprint density at radius 1 is 0.812 bits per heavy atom. The summed E-state index contributed by atoms with van der Waals surface area (Å²) in [4.78, 5) is 0. The third-order valence-electron chi connectivity index (χ3n) is 3.04. The molecule has 0 heterocycles. The van der Waals surface area contributed by atoms with Crippen molar-refractivity contribution in [3.05, 3.63) is 78.4 Å². The van der Waals surface area contributed by atoms with E-state index in [4.69, 9.17) is 0 Å². The van der Waals surface area contributed by atoms with Crippen molar-refractivity contribution in [2.45, 2.75) is 5.92 Å². The Labute approximate surface area is 95.9 Å². The summed E-state index contributed by atoms with van der Waals surface area (Å²) in [5.41, 5.74) is 3.95. The van der Waals surface area contributed by atoms with Gasteiger partial charge in [0.25, 0.3) is 0 Å². The van der Waals surface area contributed by atoms with Crippen LogP contribution in [0.1, 0.15) is 11.5 Å². The van der Waals surface area contributed by atoms with Gasteiger partial charge in [0.1, 0.15) is 0 Å². The molecule has 0 nitrogen and oxygen atoms in total. The van der Waals surface area contributed by atoms with Crippen LogP contribution in [0.3, 0.4) is 0 Å². The molecule has 2 aromatic carbocycles. The highest BCUT2D eigenvalue weighted by molar-refractivity contribution is 5.64. The minimum Gasteiger partial charge on any atom is -0.152 e. The lowest BCUT2D eigenvalue weighted by molar-refractivity contribution is 1.10. The van der Waals surface area contributed by atoms with E-state index in [1.54, 1.807) is 0 Å². The summed E-state index contributed by atoms with van der Waals surface area (Å²) in [6, 6.07) is 17.3. The molecule has 1 aliphatic carbocycles. The second-order valence-electron chi connectivity index (χ2n) is 4.09. The van der Waals surface area contributed by atoms with Crippen LogP contribution in [0, 0.1) is 0 Å². The van der Waals surface area contributed by atoms with Crippen LogP contribution in [-0.4, -0.2) is 0 Å². The van der Waals surface area contributed by atoms with Crippen molar-refractivity contribution in [3.63, 3.8) is 0 Å². The highest BCUT2D eigenvalue weighted by Gasteiger charge is 2.04. The maximum absolute atomic E-state index is 2.22. The lowest BCUT2D eigenvalue weighted by atomic mass is 9.98. The van der Waals surface area contributed by atoms with E-state index in [2.05, 4.69) is 72.8 Å². The second-order valence-corrected chi connectivity index (χ2v) is 4.09. The fraction of sp³-hybridized carbons (Fsp3) is 0.0625. The van der Waals surface area contributed by atoms with Gasteiger partial charge in [0.15, 0.2) is 0 Å². The van der Waals surface area contributed by atoms with Crippen molar-refractivity contribution >= 4 is 0 Å². The molecule has 0 fully saturated rings. The first kappa shape index (κ1) is 9.29. The summed E-state index contributed by atoms with van der Waals surface area (Å²) in [5.74, 6) is 0.466. The van der Waals surface area contributed by atoms with Gasteiger partial charge in [-0.15, -0.1) is 29.8 Å². The minimum atomic E-state index is 0.466. The van der Waals surface area contributed by atoms with E-state index in [1.165, 1.54) is 16.7 Å². The molecule has 1 aliphatic rings. The van der Waals surface area contributed by atoms with Crippen molar-refractivity contribution in [2.75, 3.05) is 0 Å². The Morgan fingerprint density at radius 2 is 1.44 bits per heavy atom. The summed E-state index contributed by atoms with van der Waals surface area (Å²) < 4.78 is 0. The van der Waals surface area contributed by atoms with Crippen molar-refractivity contribution in [3.8, 4) is 11.1 Å². The first-order valence-corrected chi connectivity index (χ1v) is 5.60. The van der Waals surface area contributed by atoms with Gasteiger partial charge < -0.3 is 0 Å². The molecule has 0 amide bonds. The molecule has 78 valence electrons. The van der Waals surface area contributed by atoms with Crippen LogP contribution >= 0.6 is 0 Å². The van der Waals surface area contributed by atoms with Crippen molar-refractivity contribution < 1.29 is 0 Å². The molecular weight excluding hydrogens is 192 g/mol. The first-order valence-electron chi connectivity index (χ1n) is 5.60. The molecule has 0 N–H and O–H groups in total. The Bertz CT molecular complexity index is 498. The lowest BCUT2D eigenvalue weighted by Gasteiger charge is -2.10. The molecule has 0 heteroatoms. The van der Waals surface area contributed by atoms with Crippen LogP contribution in [0.2, 0.25) is 0 Å². The van der Waals surface area contributed by atoms with Crippen LogP contribution in [-0.2, 0) is 0 Å². The van der Waals surface area contributed by atoms with Crippen molar-refractivity contribution in [2.24, 2.45) is 0 Å². The van der Waals surface area contributed by atoms with Crippen LogP contribution in [0.5, 0.6) is 0 Å². The van der Waals surface area contributed by atoms with E-state index >= 15 is 0 Å². The van der Waals surface area contributed by atoms with E-state index in [0.29, 0.717) is 5.92 Å². The smallest absolute Gasteiger partial charge is 0.0192 e. The Kier molecular flexibility index (Phi) is 2.26. The quantitative estimate of drug-likeness (QED) is 0.642. The third-order valence-corrected chi connectivity index (χ3v) is 3.04. The lowest BCUT2D eigenvalue weighted by Crippen LogP contribution is -1.88.